The lowest BCUT2D eigenvalue weighted by Crippen LogP contribution is -2.51. The molecule has 1 spiro atoms. The van der Waals surface area contributed by atoms with Crippen molar-refractivity contribution in [2.45, 2.75) is 18.4 Å². The van der Waals surface area contributed by atoms with Gasteiger partial charge in [-0.2, -0.15) is 0 Å². The zero-order chi connectivity index (χ0) is 14.2. The zero-order valence-corrected chi connectivity index (χ0v) is 12.3. The molecule has 2 aliphatic heterocycles. The highest BCUT2D eigenvalue weighted by Gasteiger charge is 2.43. The number of piperidine rings is 1. The molecule has 3 N–H and O–H groups in total. The summed E-state index contributed by atoms with van der Waals surface area (Å²) in [7, 11) is 0. The van der Waals surface area contributed by atoms with Crippen LogP contribution < -0.4 is 15.5 Å². The van der Waals surface area contributed by atoms with Gasteiger partial charge in [0.2, 0.25) is 0 Å². The van der Waals surface area contributed by atoms with Gasteiger partial charge in [-0.25, -0.2) is 9.59 Å². The Hall–Kier alpha value is -1.79. The Labute approximate surface area is 128 Å². The topological polar surface area (TPSA) is 81.7 Å². The van der Waals surface area contributed by atoms with Gasteiger partial charge in [0.15, 0.2) is 0 Å². The average molecular weight is 312 g/mol. The molecule has 21 heavy (non-hydrogen) atoms. The number of anilines is 1. The van der Waals surface area contributed by atoms with Gasteiger partial charge >= 0.3 is 12.0 Å². The van der Waals surface area contributed by atoms with Crippen LogP contribution in [0.5, 0.6) is 0 Å². The molecule has 2 fully saturated rings. The first kappa shape index (κ1) is 15.6. The molecule has 2 amide bonds. The highest BCUT2D eigenvalue weighted by atomic mass is 35.5. The highest BCUT2D eigenvalue weighted by molar-refractivity contribution is 5.96. The molecule has 7 heteroatoms. The summed E-state index contributed by atoms with van der Waals surface area (Å²) in [5.74, 6) is -0.961. The number of carboxylic acid groups (broad SMARTS) is 1. The number of halogens is 1. The molecule has 6 nitrogen and oxygen atoms in total. The second-order valence-electron chi connectivity index (χ2n) is 5.40. The van der Waals surface area contributed by atoms with E-state index in [1.807, 2.05) is 0 Å². The number of aromatic carboxylic acids is 1. The standard InChI is InChI=1S/C14H17N3O3.ClH/c18-12(19)10-1-3-11(4-2-10)17-9-14(16-13(17)20)5-7-15-8-6-14;/h1-4,15H,5-9H2,(H,16,20)(H,18,19);1H. The van der Waals surface area contributed by atoms with E-state index in [0.29, 0.717) is 6.54 Å². The van der Waals surface area contributed by atoms with E-state index in [-0.39, 0.29) is 29.5 Å². The van der Waals surface area contributed by atoms with Crippen LogP contribution in [0.15, 0.2) is 24.3 Å². The van der Waals surface area contributed by atoms with Crippen molar-refractivity contribution in [1.29, 1.82) is 0 Å². The molecule has 114 valence electrons. The Morgan fingerprint density at radius 2 is 1.81 bits per heavy atom. The van der Waals surface area contributed by atoms with Crippen LogP contribution in [0, 0.1) is 0 Å². The maximum absolute atomic E-state index is 12.1. The molecule has 1 aromatic rings. The van der Waals surface area contributed by atoms with Crippen molar-refractivity contribution in [2.24, 2.45) is 0 Å². The van der Waals surface area contributed by atoms with Gasteiger partial charge in [-0.15, -0.1) is 12.4 Å². The third-order valence-corrected chi connectivity index (χ3v) is 4.06. The number of amides is 2. The summed E-state index contributed by atoms with van der Waals surface area (Å²) in [5.41, 5.74) is 0.821. The van der Waals surface area contributed by atoms with E-state index in [0.717, 1.165) is 31.6 Å². The number of carboxylic acids is 1. The highest BCUT2D eigenvalue weighted by Crippen LogP contribution is 2.29. The van der Waals surface area contributed by atoms with E-state index in [9.17, 15) is 9.59 Å². The SMILES string of the molecule is Cl.O=C(O)c1ccc(N2CC3(CCNCC3)NC2=O)cc1. The molecule has 0 aromatic heterocycles. The zero-order valence-electron chi connectivity index (χ0n) is 11.5. The summed E-state index contributed by atoms with van der Waals surface area (Å²) in [5, 5.41) is 15.3. The van der Waals surface area contributed by atoms with Crippen LogP contribution in [0.2, 0.25) is 0 Å². The van der Waals surface area contributed by atoms with E-state index in [1.165, 1.54) is 12.1 Å². The van der Waals surface area contributed by atoms with Crippen molar-refractivity contribution in [3.05, 3.63) is 29.8 Å². The third-order valence-electron chi connectivity index (χ3n) is 4.06. The van der Waals surface area contributed by atoms with E-state index in [2.05, 4.69) is 10.6 Å². The van der Waals surface area contributed by atoms with Gasteiger partial charge in [0.1, 0.15) is 0 Å². The summed E-state index contributed by atoms with van der Waals surface area (Å²) in [4.78, 5) is 24.7. The third kappa shape index (κ3) is 2.96. The lowest BCUT2D eigenvalue weighted by Gasteiger charge is -2.32. The minimum atomic E-state index is -0.961. The second-order valence-corrected chi connectivity index (χ2v) is 5.40. The predicted octanol–water partition coefficient (Wildman–Crippen LogP) is 1.46. The van der Waals surface area contributed by atoms with Gasteiger partial charge in [-0.3, -0.25) is 4.90 Å². The molecule has 2 aliphatic rings. The number of nitrogens with one attached hydrogen (secondary N) is 2. The monoisotopic (exact) mass is 311 g/mol. The first-order valence-corrected chi connectivity index (χ1v) is 6.73. The van der Waals surface area contributed by atoms with Gasteiger partial charge in [0.25, 0.3) is 0 Å². The fraction of sp³-hybridized carbons (Fsp3) is 0.429. The Bertz CT molecular complexity index is 541. The summed E-state index contributed by atoms with van der Waals surface area (Å²) >= 11 is 0. The van der Waals surface area contributed by atoms with E-state index >= 15 is 0 Å². The number of hydrogen-bond donors (Lipinski definition) is 3. The van der Waals surface area contributed by atoms with Crippen LogP contribution in [0.25, 0.3) is 0 Å². The van der Waals surface area contributed by atoms with Crippen molar-refractivity contribution in [3.8, 4) is 0 Å². The van der Waals surface area contributed by atoms with Crippen molar-refractivity contribution in [1.82, 2.24) is 10.6 Å². The normalized spacial score (nSPS) is 20.0. The number of hydrogen-bond acceptors (Lipinski definition) is 3. The van der Waals surface area contributed by atoms with Crippen LogP contribution in [-0.4, -0.2) is 42.3 Å². The summed E-state index contributed by atoms with van der Waals surface area (Å²) in [6.45, 7) is 2.46. The molecule has 3 rings (SSSR count). The van der Waals surface area contributed by atoms with Gasteiger partial charge in [0.05, 0.1) is 17.6 Å². The molecule has 2 saturated heterocycles. The predicted molar refractivity (Wildman–Crippen MR) is 81.4 cm³/mol. The van der Waals surface area contributed by atoms with E-state index in [1.54, 1.807) is 17.0 Å². The number of benzene rings is 1. The van der Waals surface area contributed by atoms with Crippen molar-refractivity contribution in [2.75, 3.05) is 24.5 Å². The Balaban J connectivity index is 0.00000161. The molecule has 0 atom stereocenters. The molecular weight excluding hydrogens is 294 g/mol. The fourth-order valence-corrected chi connectivity index (χ4v) is 2.89. The molecule has 0 aliphatic carbocycles. The van der Waals surface area contributed by atoms with E-state index in [4.69, 9.17) is 5.11 Å². The number of rotatable bonds is 2. The Kier molecular flexibility index (Phi) is 4.39. The fourth-order valence-electron chi connectivity index (χ4n) is 2.89. The summed E-state index contributed by atoms with van der Waals surface area (Å²) in [6.07, 6.45) is 1.84. The van der Waals surface area contributed by atoms with Crippen molar-refractivity contribution in [3.63, 3.8) is 0 Å². The maximum atomic E-state index is 12.1. The number of nitrogens with zero attached hydrogens (tertiary/aromatic N) is 1. The largest absolute Gasteiger partial charge is 0.478 e. The first-order valence-electron chi connectivity index (χ1n) is 6.73. The van der Waals surface area contributed by atoms with Crippen LogP contribution >= 0.6 is 12.4 Å². The molecule has 0 saturated carbocycles. The minimum Gasteiger partial charge on any atom is -0.478 e. The quantitative estimate of drug-likeness (QED) is 0.772. The van der Waals surface area contributed by atoms with Gasteiger partial charge in [-0.1, -0.05) is 0 Å². The maximum Gasteiger partial charge on any atom is 0.335 e. The van der Waals surface area contributed by atoms with Crippen LogP contribution in [-0.2, 0) is 0 Å². The lowest BCUT2D eigenvalue weighted by atomic mass is 9.89. The van der Waals surface area contributed by atoms with Gasteiger partial charge in [-0.05, 0) is 50.2 Å². The molecule has 2 heterocycles. The van der Waals surface area contributed by atoms with Crippen LogP contribution in [0.3, 0.4) is 0 Å². The Morgan fingerprint density at radius 3 is 2.38 bits per heavy atom. The van der Waals surface area contributed by atoms with Gasteiger partial charge in [0, 0.05) is 5.69 Å². The average Bonchev–Trinajstić information content (AvgIpc) is 2.76. The molecule has 0 bridgehead atoms. The van der Waals surface area contributed by atoms with Crippen LogP contribution in [0.1, 0.15) is 23.2 Å². The first-order chi connectivity index (χ1) is 9.60. The molecule has 0 unspecified atom stereocenters. The minimum absolute atomic E-state index is 0. The smallest absolute Gasteiger partial charge is 0.335 e. The number of carbonyl (C=O) groups excluding carboxylic acids is 1. The Morgan fingerprint density at radius 1 is 1.19 bits per heavy atom. The van der Waals surface area contributed by atoms with Gasteiger partial charge < -0.3 is 15.7 Å². The lowest BCUT2D eigenvalue weighted by molar-refractivity contribution is 0.0697. The van der Waals surface area contributed by atoms with Crippen molar-refractivity contribution >= 4 is 30.1 Å². The molecule has 0 radical (unpaired) electrons. The second kappa shape index (κ2) is 5.91. The summed E-state index contributed by atoms with van der Waals surface area (Å²) < 4.78 is 0. The molecule has 1 aromatic carbocycles. The van der Waals surface area contributed by atoms with Crippen LogP contribution in [0.4, 0.5) is 10.5 Å². The van der Waals surface area contributed by atoms with E-state index < -0.39 is 5.97 Å². The van der Waals surface area contributed by atoms with Crippen molar-refractivity contribution < 1.29 is 14.7 Å². The summed E-state index contributed by atoms with van der Waals surface area (Å²) in [6, 6.07) is 6.32. The number of carbonyl (C=O) groups is 2. The molecular formula is C14H18ClN3O3. The number of urea groups is 1.